The van der Waals surface area contributed by atoms with Crippen LogP contribution in [0, 0.1) is 13.8 Å². The molecule has 3 aromatic rings. The Morgan fingerprint density at radius 3 is 2.52 bits per heavy atom. The standard InChI is InChI=1S/C15H11F3N2O2S/c1-7-8(2)23-12-11(7)13(21)20(14(22)19-12)10-5-3-4-9(6-10)15(16,17)18/h3-6H,1-2H3,(H,19,22). The van der Waals surface area contributed by atoms with Gasteiger partial charge in [0.25, 0.3) is 5.56 Å². The molecule has 8 heteroatoms. The number of alkyl halides is 3. The Kier molecular flexibility index (Phi) is 3.44. The van der Waals surface area contributed by atoms with Crippen LogP contribution in [0.2, 0.25) is 0 Å². The molecule has 1 N–H and O–H groups in total. The third kappa shape index (κ3) is 2.48. The Morgan fingerprint density at radius 1 is 1.17 bits per heavy atom. The number of hydrogen-bond donors (Lipinski definition) is 1. The maximum absolute atomic E-state index is 12.8. The van der Waals surface area contributed by atoms with E-state index < -0.39 is 23.0 Å². The number of H-pyrrole nitrogens is 1. The van der Waals surface area contributed by atoms with Gasteiger partial charge in [0.2, 0.25) is 0 Å². The summed E-state index contributed by atoms with van der Waals surface area (Å²) < 4.78 is 39.2. The Balaban J connectivity index is 2.35. The van der Waals surface area contributed by atoms with E-state index in [-0.39, 0.29) is 5.69 Å². The fraction of sp³-hybridized carbons (Fsp3) is 0.200. The maximum Gasteiger partial charge on any atom is 0.416 e. The van der Waals surface area contributed by atoms with Crippen molar-refractivity contribution in [2.24, 2.45) is 0 Å². The minimum Gasteiger partial charge on any atom is -0.298 e. The van der Waals surface area contributed by atoms with E-state index in [1.165, 1.54) is 23.5 Å². The highest BCUT2D eigenvalue weighted by Crippen LogP contribution is 2.30. The SMILES string of the molecule is Cc1sc2[nH]c(=O)n(-c3cccc(C(F)(F)F)c3)c(=O)c2c1C. The molecule has 0 saturated heterocycles. The molecular formula is C15H11F3N2O2S. The van der Waals surface area contributed by atoms with Crippen LogP contribution in [0.4, 0.5) is 13.2 Å². The van der Waals surface area contributed by atoms with Crippen molar-refractivity contribution in [3.63, 3.8) is 0 Å². The predicted molar refractivity (Wildman–Crippen MR) is 82.5 cm³/mol. The molecule has 0 aliphatic carbocycles. The van der Waals surface area contributed by atoms with Crippen LogP contribution in [-0.4, -0.2) is 9.55 Å². The molecule has 0 unspecified atom stereocenters. The van der Waals surface area contributed by atoms with E-state index in [1.54, 1.807) is 6.92 Å². The van der Waals surface area contributed by atoms with Crippen LogP contribution in [0.25, 0.3) is 15.9 Å². The topological polar surface area (TPSA) is 54.9 Å². The van der Waals surface area contributed by atoms with Crippen molar-refractivity contribution < 1.29 is 13.2 Å². The number of aromatic nitrogens is 2. The summed E-state index contributed by atoms with van der Waals surface area (Å²) in [5, 5.41) is 0.324. The van der Waals surface area contributed by atoms with Crippen molar-refractivity contribution >= 4 is 21.6 Å². The van der Waals surface area contributed by atoms with E-state index in [0.717, 1.165) is 21.6 Å². The van der Waals surface area contributed by atoms with Crippen LogP contribution < -0.4 is 11.2 Å². The average Bonchev–Trinajstić information content (AvgIpc) is 2.73. The second kappa shape index (κ2) is 5.09. The summed E-state index contributed by atoms with van der Waals surface area (Å²) >= 11 is 1.27. The van der Waals surface area contributed by atoms with E-state index in [4.69, 9.17) is 0 Å². The van der Waals surface area contributed by atoms with Gasteiger partial charge >= 0.3 is 11.9 Å². The van der Waals surface area contributed by atoms with Crippen molar-refractivity contribution in [3.8, 4) is 5.69 Å². The number of fused-ring (bicyclic) bond motifs is 1. The Hall–Kier alpha value is -2.35. The van der Waals surface area contributed by atoms with E-state index in [9.17, 15) is 22.8 Å². The zero-order chi connectivity index (χ0) is 16.9. The van der Waals surface area contributed by atoms with Gasteiger partial charge in [-0.3, -0.25) is 9.78 Å². The molecule has 2 heterocycles. The first kappa shape index (κ1) is 15.5. The predicted octanol–water partition coefficient (Wildman–Crippen LogP) is 3.38. The summed E-state index contributed by atoms with van der Waals surface area (Å²) in [6.45, 7) is 3.55. The van der Waals surface area contributed by atoms with E-state index in [0.29, 0.717) is 15.8 Å². The van der Waals surface area contributed by atoms with Gasteiger partial charge in [0.05, 0.1) is 16.6 Å². The molecule has 1 aromatic carbocycles. The third-order valence-corrected chi connectivity index (χ3v) is 4.78. The fourth-order valence-corrected chi connectivity index (χ4v) is 3.43. The zero-order valence-electron chi connectivity index (χ0n) is 12.1. The van der Waals surface area contributed by atoms with Crippen molar-refractivity contribution in [2.45, 2.75) is 20.0 Å². The van der Waals surface area contributed by atoms with Gasteiger partial charge in [-0.15, -0.1) is 11.3 Å². The largest absolute Gasteiger partial charge is 0.416 e. The lowest BCUT2D eigenvalue weighted by Gasteiger charge is -2.10. The van der Waals surface area contributed by atoms with Crippen molar-refractivity contribution in [3.05, 3.63) is 61.1 Å². The maximum atomic E-state index is 12.8. The van der Waals surface area contributed by atoms with Gasteiger partial charge in [0.1, 0.15) is 4.83 Å². The normalized spacial score (nSPS) is 12.0. The highest BCUT2D eigenvalue weighted by Gasteiger charge is 2.30. The summed E-state index contributed by atoms with van der Waals surface area (Å²) in [7, 11) is 0. The Bertz CT molecular complexity index is 1030. The minimum absolute atomic E-state index is 0.115. The van der Waals surface area contributed by atoms with Crippen molar-refractivity contribution in [1.82, 2.24) is 9.55 Å². The van der Waals surface area contributed by atoms with Gasteiger partial charge in [-0.25, -0.2) is 9.36 Å². The molecule has 0 spiro atoms. The molecule has 0 bridgehead atoms. The summed E-state index contributed by atoms with van der Waals surface area (Å²) in [6.07, 6.45) is -4.55. The molecule has 0 amide bonds. The molecule has 3 rings (SSSR count). The zero-order valence-corrected chi connectivity index (χ0v) is 12.9. The molecular weight excluding hydrogens is 329 g/mol. The van der Waals surface area contributed by atoms with Gasteiger partial charge in [-0.05, 0) is 37.6 Å². The molecule has 0 fully saturated rings. The quantitative estimate of drug-likeness (QED) is 0.738. The third-order valence-electron chi connectivity index (χ3n) is 3.66. The highest BCUT2D eigenvalue weighted by molar-refractivity contribution is 7.18. The van der Waals surface area contributed by atoms with Crippen molar-refractivity contribution in [1.29, 1.82) is 0 Å². The fourth-order valence-electron chi connectivity index (χ4n) is 2.39. The monoisotopic (exact) mass is 340 g/mol. The number of halogens is 3. The van der Waals surface area contributed by atoms with E-state index in [1.807, 2.05) is 6.92 Å². The number of rotatable bonds is 1. The molecule has 0 aliphatic rings. The number of hydrogen-bond acceptors (Lipinski definition) is 3. The lowest BCUT2D eigenvalue weighted by atomic mass is 10.2. The van der Waals surface area contributed by atoms with Crippen LogP contribution >= 0.6 is 11.3 Å². The van der Waals surface area contributed by atoms with E-state index in [2.05, 4.69) is 4.98 Å². The molecule has 120 valence electrons. The summed E-state index contributed by atoms with van der Waals surface area (Å²) in [5.74, 6) is 0. The summed E-state index contributed by atoms with van der Waals surface area (Å²) in [5.41, 5.74) is -1.70. The van der Waals surface area contributed by atoms with Crippen molar-refractivity contribution in [2.75, 3.05) is 0 Å². The first-order valence-corrected chi connectivity index (χ1v) is 7.44. The van der Waals surface area contributed by atoms with Gasteiger partial charge in [-0.2, -0.15) is 13.2 Å². The molecule has 23 heavy (non-hydrogen) atoms. The number of aryl methyl sites for hydroxylation is 2. The van der Waals surface area contributed by atoms with Crippen LogP contribution in [-0.2, 0) is 6.18 Å². The van der Waals surface area contributed by atoms with Crippen LogP contribution in [0.5, 0.6) is 0 Å². The van der Waals surface area contributed by atoms with Crippen LogP contribution in [0.15, 0.2) is 33.9 Å². The smallest absolute Gasteiger partial charge is 0.298 e. The first-order chi connectivity index (χ1) is 10.7. The van der Waals surface area contributed by atoms with Gasteiger partial charge < -0.3 is 0 Å². The highest BCUT2D eigenvalue weighted by atomic mass is 32.1. The molecule has 0 radical (unpaired) electrons. The van der Waals surface area contributed by atoms with Gasteiger partial charge in [0.15, 0.2) is 0 Å². The minimum atomic E-state index is -4.55. The van der Waals surface area contributed by atoms with Crippen LogP contribution in [0.1, 0.15) is 16.0 Å². The second-order valence-electron chi connectivity index (χ2n) is 5.11. The Morgan fingerprint density at radius 2 is 1.87 bits per heavy atom. The number of nitrogens with zero attached hydrogens (tertiary/aromatic N) is 1. The molecule has 0 saturated carbocycles. The van der Waals surface area contributed by atoms with Gasteiger partial charge in [0, 0.05) is 4.88 Å². The molecule has 4 nitrogen and oxygen atoms in total. The molecule has 2 aromatic heterocycles. The lowest BCUT2D eigenvalue weighted by Crippen LogP contribution is -2.33. The second-order valence-corrected chi connectivity index (χ2v) is 6.33. The number of aromatic amines is 1. The number of benzene rings is 1. The number of nitrogens with one attached hydrogen (secondary N) is 1. The average molecular weight is 340 g/mol. The van der Waals surface area contributed by atoms with Gasteiger partial charge in [-0.1, -0.05) is 6.07 Å². The Labute approximate surface area is 131 Å². The lowest BCUT2D eigenvalue weighted by molar-refractivity contribution is -0.137. The van der Waals surface area contributed by atoms with E-state index >= 15 is 0 Å². The molecule has 0 atom stereocenters. The number of thiophene rings is 1. The first-order valence-electron chi connectivity index (χ1n) is 6.63. The molecule has 0 aliphatic heterocycles. The van der Waals surface area contributed by atoms with Crippen LogP contribution in [0.3, 0.4) is 0 Å². The summed E-state index contributed by atoms with van der Waals surface area (Å²) in [4.78, 5) is 28.6. The summed E-state index contributed by atoms with van der Waals surface area (Å²) in [6, 6.07) is 4.14.